The first-order valence-electron chi connectivity index (χ1n) is 6.25. The van der Waals surface area contributed by atoms with E-state index in [-0.39, 0.29) is 5.56 Å². The number of hydrogen-bond donors (Lipinski definition) is 0. The molecule has 0 bridgehead atoms. The molecule has 9 heteroatoms. The molecule has 0 aromatic carbocycles. The van der Waals surface area contributed by atoms with Gasteiger partial charge >= 0.3 is 0 Å². The van der Waals surface area contributed by atoms with E-state index in [4.69, 9.17) is 20.9 Å². The lowest BCUT2D eigenvalue weighted by Crippen LogP contribution is -2.21. The van der Waals surface area contributed by atoms with Crippen LogP contribution in [0, 0.1) is 0 Å². The van der Waals surface area contributed by atoms with E-state index in [1.165, 1.54) is 27.8 Å². The summed E-state index contributed by atoms with van der Waals surface area (Å²) in [6.45, 7) is 6.73. The molecule has 114 valence electrons. The van der Waals surface area contributed by atoms with Crippen molar-refractivity contribution in [1.82, 2.24) is 9.78 Å². The molecule has 0 saturated carbocycles. The zero-order chi connectivity index (χ0) is 15.2. The number of hydrogen-bond acceptors (Lipinski definition) is 7. The molecule has 0 radical (unpaired) electrons. The zero-order valence-electron chi connectivity index (χ0n) is 12.0. The van der Waals surface area contributed by atoms with Crippen molar-refractivity contribution in [1.29, 1.82) is 0 Å². The first kappa shape index (κ1) is 18.2. The van der Waals surface area contributed by atoms with Crippen molar-refractivity contribution in [2.45, 2.75) is 30.6 Å². The van der Waals surface area contributed by atoms with Crippen LogP contribution in [0.4, 0.5) is 0 Å². The Kier molecular flexibility index (Phi) is 7.79. The minimum atomic E-state index is -2.48. The number of aryl methyl sites for hydroxylation is 1. The van der Waals surface area contributed by atoms with E-state index in [1.807, 2.05) is 20.8 Å². The first-order chi connectivity index (χ1) is 9.47. The fourth-order valence-electron chi connectivity index (χ4n) is 1.37. The van der Waals surface area contributed by atoms with Crippen LogP contribution in [0.2, 0.25) is 0 Å². The number of aromatic nitrogens is 2. The molecule has 0 N–H and O–H groups in total. The number of rotatable bonds is 8. The Balaban J connectivity index is 3.15. The van der Waals surface area contributed by atoms with Crippen molar-refractivity contribution in [2.75, 3.05) is 19.0 Å². The van der Waals surface area contributed by atoms with Gasteiger partial charge in [-0.25, -0.2) is 4.68 Å². The van der Waals surface area contributed by atoms with Gasteiger partial charge in [-0.2, -0.15) is 5.10 Å². The fourth-order valence-corrected chi connectivity index (χ4v) is 7.36. The predicted octanol–water partition coefficient (Wildman–Crippen LogP) is 3.28. The Labute approximate surface area is 132 Å². The van der Waals surface area contributed by atoms with E-state index in [9.17, 15) is 4.79 Å². The minimum Gasteiger partial charge on any atom is -0.322 e. The monoisotopic (exact) mass is 354 g/mol. The number of nitrogens with zero attached hydrogens (tertiary/aromatic N) is 2. The summed E-state index contributed by atoms with van der Waals surface area (Å²) in [4.78, 5) is 13.5. The highest BCUT2D eigenvalue weighted by molar-refractivity contribution is 8.67. The van der Waals surface area contributed by atoms with Crippen LogP contribution in [0.1, 0.15) is 20.8 Å². The van der Waals surface area contributed by atoms with Crippen molar-refractivity contribution in [3.8, 4) is 0 Å². The van der Waals surface area contributed by atoms with Crippen LogP contribution in [0.25, 0.3) is 0 Å². The topological polar surface area (TPSA) is 53.4 Å². The second-order valence-electron chi connectivity index (χ2n) is 3.57. The molecule has 0 unspecified atom stereocenters. The maximum absolute atomic E-state index is 12.1. The van der Waals surface area contributed by atoms with Gasteiger partial charge in [-0.15, -0.1) is 11.8 Å². The molecule has 0 spiro atoms. The largest absolute Gasteiger partial charge is 0.322 e. The van der Waals surface area contributed by atoms with Crippen molar-refractivity contribution in [2.24, 2.45) is 7.05 Å². The van der Waals surface area contributed by atoms with E-state index in [2.05, 4.69) is 5.10 Å². The molecule has 1 aromatic heterocycles. The summed E-state index contributed by atoms with van der Waals surface area (Å²) in [7, 11) is 1.64. The lowest BCUT2D eigenvalue weighted by molar-refractivity contribution is 0.280. The summed E-state index contributed by atoms with van der Waals surface area (Å²) in [5.74, 6) is 0.805. The maximum atomic E-state index is 12.1. The van der Waals surface area contributed by atoms with Gasteiger partial charge in [0, 0.05) is 7.05 Å². The molecule has 0 saturated heterocycles. The van der Waals surface area contributed by atoms with E-state index >= 15 is 0 Å². The highest BCUT2D eigenvalue weighted by atomic mass is 32.9. The summed E-state index contributed by atoms with van der Waals surface area (Å²) >= 11 is 8.29. The number of thioether (sulfide) groups is 1. The van der Waals surface area contributed by atoms with Gasteiger partial charge < -0.3 is 9.05 Å². The van der Waals surface area contributed by atoms with Crippen LogP contribution in [0.15, 0.2) is 20.8 Å². The highest BCUT2D eigenvalue weighted by Gasteiger charge is 2.23. The molecule has 5 nitrogen and oxygen atoms in total. The Morgan fingerprint density at radius 2 is 1.95 bits per heavy atom. The van der Waals surface area contributed by atoms with Gasteiger partial charge in [0.25, 0.3) is 11.3 Å². The molecule has 0 aliphatic carbocycles. The Hall–Kier alpha value is 0.150. The molecule has 0 aliphatic heterocycles. The van der Waals surface area contributed by atoms with Crippen molar-refractivity contribution in [3.05, 3.63) is 16.6 Å². The molecule has 20 heavy (non-hydrogen) atoms. The maximum Gasteiger partial charge on any atom is 0.281 e. The van der Waals surface area contributed by atoms with Gasteiger partial charge in [-0.3, -0.25) is 4.79 Å². The SMILES string of the molecule is CCOP(=S)(OCC)Sc1cnn(C)c(=O)c1SCC. The molecule has 0 aliphatic rings. The molecule has 1 heterocycles. The predicted molar refractivity (Wildman–Crippen MR) is 89.3 cm³/mol. The molecular weight excluding hydrogens is 335 g/mol. The van der Waals surface area contributed by atoms with Crippen LogP contribution in [0.5, 0.6) is 0 Å². The van der Waals surface area contributed by atoms with Crippen molar-refractivity contribution >= 4 is 40.6 Å². The van der Waals surface area contributed by atoms with Gasteiger partial charge in [0.15, 0.2) is 0 Å². The lowest BCUT2D eigenvalue weighted by atomic mass is 10.6. The summed E-state index contributed by atoms with van der Waals surface area (Å²) in [6, 6.07) is 0. The second kappa shape index (κ2) is 8.56. The Morgan fingerprint density at radius 3 is 2.45 bits per heavy atom. The summed E-state index contributed by atoms with van der Waals surface area (Å²) < 4.78 is 12.5. The standard InChI is InChI=1S/C11H19N2O3PS3/c1-5-15-17(18,16-6-2)20-9-8-12-13(4)11(14)10(9)19-7-3/h8H,5-7H2,1-4H3. The van der Waals surface area contributed by atoms with E-state index in [0.717, 1.165) is 10.6 Å². The van der Waals surface area contributed by atoms with Gasteiger partial charge in [0.2, 0.25) is 0 Å². The molecule has 1 aromatic rings. The second-order valence-corrected chi connectivity index (χ2v) is 11.0. The van der Waals surface area contributed by atoms with Gasteiger partial charge in [0.05, 0.1) is 29.2 Å². The van der Waals surface area contributed by atoms with Gasteiger partial charge in [0.1, 0.15) is 0 Å². The normalized spacial score (nSPS) is 11.8. The first-order valence-corrected chi connectivity index (χ1v) is 11.3. The fraction of sp³-hybridized carbons (Fsp3) is 0.636. The van der Waals surface area contributed by atoms with Crippen LogP contribution in [-0.2, 0) is 27.9 Å². The average molecular weight is 354 g/mol. The third-order valence-electron chi connectivity index (χ3n) is 2.13. The molecule has 0 fully saturated rings. The van der Waals surface area contributed by atoms with Crippen LogP contribution >= 0.6 is 28.8 Å². The summed E-state index contributed by atoms with van der Waals surface area (Å²) in [5.41, 5.74) is -2.59. The quantitative estimate of drug-likeness (QED) is 0.524. The Bertz CT molecular complexity index is 540. The minimum absolute atomic E-state index is 0.114. The van der Waals surface area contributed by atoms with Crippen molar-refractivity contribution < 1.29 is 9.05 Å². The average Bonchev–Trinajstić information content (AvgIpc) is 2.39. The third kappa shape index (κ3) is 4.86. The molecular formula is C11H19N2O3PS3. The summed E-state index contributed by atoms with van der Waals surface area (Å²) in [6.07, 6.45) is 1.66. The van der Waals surface area contributed by atoms with E-state index in [0.29, 0.717) is 18.1 Å². The zero-order valence-corrected chi connectivity index (χ0v) is 15.3. The van der Waals surface area contributed by atoms with E-state index < -0.39 is 5.69 Å². The molecule has 0 atom stereocenters. The Morgan fingerprint density at radius 1 is 1.35 bits per heavy atom. The van der Waals surface area contributed by atoms with Gasteiger partial charge in [-0.05, 0) is 42.8 Å². The van der Waals surface area contributed by atoms with Crippen molar-refractivity contribution in [3.63, 3.8) is 0 Å². The van der Waals surface area contributed by atoms with Crippen LogP contribution in [-0.4, -0.2) is 28.7 Å². The van der Waals surface area contributed by atoms with Crippen LogP contribution < -0.4 is 5.56 Å². The highest BCUT2D eigenvalue weighted by Crippen LogP contribution is 2.64. The smallest absolute Gasteiger partial charge is 0.281 e. The summed E-state index contributed by atoms with van der Waals surface area (Å²) in [5, 5.41) is 4.06. The lowest BCUT2D eigenvalue weighted by Gasteiger charge is -2.20. The van der Waals surface area contributed by atoms with E-state index in [1.54, 1.807) is 13.2 Å². The van der Waals surface area contributed by atoms with Crippen LogP contribution in [0.3, 0.4) is 0 Å². The molecule has 0 amide bonds. The molecule has 1 rings (SSSR count). The third-order valence-corrected chi connectivity index (χ3v) is 8.31. The van der Waals surface area contributed by atoms with Gasteiger partial charge in [-0.1, -0.05) is 6.92 Å².